The van der Waals surface area contributed by atoms with Crippen molar-refractivity contribution in [1.82, 2.24) is 24.1 Å². The minimum Gasteiger partial charge on any atom is -0.496 e. The second-order valence-electron chi connectivity index (χ2n) is 10.7. The number of benzene rings is 1. The second kappa shape index (κ2) is 13.0. The molecule has 1 fully saturated rings. The lowest BCUT2D eigenvalue weighted by molar-refractivity contribution is -0.146. The van der Waals surface area contributed by atoms with Gasteiger partial charge in [-0.05, 0) is 63.8 Å². The summed E-state index contributed by atoms with van der Waals surface area (Å²) in [6.07, 6.45) is 10.5. The van der Waals surface area contributed by atoms with Crippen LogP contribution in [0.3, 0.4) is 0 Å². The van der Waals surface area contributed by atoms with Crippen LogP contribution in [0.25, 0.3) is 15.2 Å². The van der Waals surface area contributed by atoms with Crippen molar-refractivity contribution in [3.63, 3.8) is 0 Å². The average molecular weight is 602 g/mol. The van der Waals surface area contributed by atoms with E-state index in [1.54, 1.807) is 6.92 Å². The highest BCUT2D eigenvalue weighted by Gasteiger charge is 2.35. The van der Waals surface area contributed by atoms with Gasteiger partial charge in [-0.25, -0.2) is 18.5 Å². The number of fused-ring (bicyclic) bond motifs is 1. The van der Waals surface area contributed by atoms with E-state index in [-0.39, 0.29) is 18.4 Å². The number of carboxylic acids is 1. The Kier molecular flexibility index (Phi) is 9.62. The van der Waals surface area contributed by atoms with Crippen LogP contribution in [0.5, 0.6) is 5.75 Å². The van der Waals surface area contributed by atoms with Gasteiger partial charge in [0.2, 0.25) is 0 Å². The number of carbonyl (C=O) groups is 1. The fourth-order valence-electron chi connectivity index (χ4n) is 5.11. The van der Waals surface area contributed by atoms with Crippen molar-refractivity contribution in [1.29, 1.82) is 0 Å². The van der Waals surface area contributed by atoms with E-state index in [0.717, 1.165) is 15.9 Å². The molecular weight excluding hydrogens is 565 g/mol. The molecule has 42 heavy (non-hydrogen) atoms. The van der Waals surface area contributed by atoms with E-state index in [4.69, 9.17) is 9.47 Å². The first-order valence-corrected chi connectivity index (χ1v) is 14.6. The van der Waals surface area contributed by atoms with Crippen molar-refractivity contribution < 1.29 is 23.8 Å². The number of aliphatic carboxylic acids is 1. The van der Waals surface area contributed by atoms with Crippen LogP contribution in [0.1, 0.15) is 57.1 Å². The van der Waals surface area contributed by atoms with Crippen molar-refractivity contribution in [3.8, 4) is 10.8 Å². The monoisotopic (exact) mass is 601 g/mol. The molecule has 0 amide bonds. The van der Waals surface area contributed by atoms with Gasteiger partial charge in [0.25, 0.3) is 5.56 Å². The Morgan fingerprint density at radius 2 is 1.81 bits per heavy atom. The molecule has 3 aromatic heterocycles. The zero-order valence-corrected chi connectivity index (χ0v) is 25.2. The van der Waals surface area contributed by atoms with Gasteiger partial charge in [0.15, 0.2) is 0 Å². The predicted molar refractivity (Wildman–Crippen MR) is 157 cm³/mol. The summed E-state index contributed by atoms with van der Waals surface area (Å²) in [6, 6.07) is 4.08. The minimum absolute atomic E-state index is 0.0526. The summed E-state index contributed by atoms with van der Waals surface area (Å²) < 4.78 is 26.5. The Bertz CT molecular complexity index is 1670. The predicted octanol–water partition coefficient (Wildman–Crippen LogP) is 4.29. The zero-order chi connectivity index (χ0) is 30.6. The highest BCUT2D eigenvalue weighted by Crippen LogP contribution is 2.31. The number of methoxy groups -OCH3 is 2. The number of halogens is 1. The molecule has 1 saturated carbocycles. The van der Waals surface area contributed by atoms with E-state index in [2.05, 4.69) is 10.2 Å². The molecule has 13 heteroatoms. The van der Waals surface area contributed by atoms with Crippen LogP contribution in [0.15, 0.2) is 40.2 Å². The molecule has 0 aliphatic heterocycles. The molecule has 0 spiro atoms. The lowest BCUT2D eigenvalue weighted by atomic mass is 9.98. The highest BCUT2D eigenvalue weighted by atomic mass is 32.1. The maximum absolute atomic E-state index is 13.9. The van der Waals surface area contributed by atoms with Crippen molar-refractivity contribution in [2.45, 2.75) is 77.5 Å². The maximum atomic E-state index is 13.9. The number of aromatic nitrogens is 5. The fourth-order valence-corrected chi connectivity index (χ4v) is 6.34. The molecular formula is C29H36FN5O6S. The molecule has 226 valence electrons. The molecule has 1 aromatic carbocycles. The van der Waals surface area contributed by atoms with E-state index in [1.165, 1.54) is 93.0 Å². The molecule has 0 bridgehead atoms. The van der Waals surface area contributed by atoms with Gasteiger partial charge in [0, 0.05) is 19.2 Å². The summed E-state index contributed by atoms with van der Waals surface area (Å²) in [6.45, 7) is 4.33. The first-order chi connectivity index (χ1) is 20.0. The summed E-state index contributed by atoms with van der Waals surface area (Å²) >= 11 is 1.15. The molecule has 1 N–H and O–H groups in total. The van der Waals surface area contributed by atoms with Gasteiger partial charge in [0.05, 0.1) is 31.0 Å². The van der Waals surface area contributed by atoms with Crippen LogP contribution in [0.4, 0.5) is 4.39 Å². The zero-order valence-electron chi connectivity index (χ0n) is 24.4. The van der Waals surface area contributed by atoms with Gasteiger partial charge >= 0.3 is 11.7 Å². The number of hydrogen-bond donors (Lipinski definition) is 1. The second-order valence-corrected chi connectivity index (χ2v) is 11.6. The number of nitrogens with zero attached hydrogens (tertiary/aromatic N) is 5. The largest absolute Gasteiger partial charge is 0.496 e. The normalized spacial score (nSPS) is 14.0. The van der Waals surface area contributed by atoms with Crippen LogP contribution in [-0.2, 0) is 28.0 Å². The van der Waals surface area contributed by atoms with Gasteiger partial charge < -0.3 is 14.6 Å². The quantitative estimate of drug-likeness (QED) is 0.317. The first kappa shape index (κ1) is 31.1. The summed E-state index contributed by atoms with van der Waals surface area (Å²) in [7, 11) is 3.28. The average Bonchev–Trinajstić information content (AvgIpc) is 3.62. The van der Waals surface area contributed by atoms with Crippen LogP contribution in [0, 0.1) is 12.7 Å². The van der Waals surface area contributed by atoms with E-state index < -0.39 is 28.6 Å². The number of hydrogen-bond acceptors (Lipinski definition) is 8. The highest BCUT2D eigenvalue weighted by molar-refractivity contribution is 7.21. The molecule has 1 aliphatic rings. The van der Waals surface area contributed by atoms with E-state index in [0.29, 0.717) is 32.8 Å². The van der Waals surface area contributed by atoms with E-state index in [9.17, 15) is 23.9 Å². The van der Waals surface area contributed by atoms with E-state index >= 15 is 0 Å². The van der Waals surface area contributed by atoms with Gasteiger partial charge in [0.1, 0.15) is 26.9 Å². The number of carboxylic acid groups (broad SMARTS) is 1. The molecule has 1 aliphatic carbocycles. The molecule has 0 saturated heterocycles. The third-order valence-corrected chi connectivity index (χ3v) is 8.88. The lowest BCUT2D eigenvalue weighted by Crippen LogP contribution is -2.52. The molecule has 3 heterocycles. The summed E-state index contributed by atoms with van der Waals surface area (Å²) in [5.74, 6) is -1.33. The Hall–Kier alpha value is -3.84. The Morgan fingerprint density at radius 3 is 2.38 bits per heavy atom. The van der Waals surface area contributed by atoms with Crippen molar-refractivity contribution in [2.75, 3.05) is 14.2 Å². The Morgan fingerprint density at radius 1 is 1.14 bits per heavy atom. The number of ether oxygens (including phenoxy) is 2. The number of thiophene rings is 1. The third kappa shape index (κ3) is 6.16. The van der Waals surface area contributed by atoms with Crippen molar-refractivity contribution in [2.24, 2.45) is 0 Å². The maximum Gasteiger partial charge on any atom is 0.333 e. The Labute approximate surface area is 246 Å². The molecule has 0 unspecified atom stereocenters. The van der Waals surface area contributed by atoms with Crippen LogP contribution < -0.4 is 16.0 Å². The molecule has 0 atom stereocenters. The first-order valence-electron chi connectivity index (χ1n) is 13.8. The van der Waals surface area contributed by atoms with Crippen LogP contribution in [-0.4, -0.2) is 55.5 Å². The molecule has 5 rings (SSSR count). The topological polar surface area (TPSA) is 130 Å². The van der Waals surface area contributed by atoms with Gasteiger partial charge in [-0.1, -0.05) is 30.6 Å². The smallest absolute Gasteiger partial charge is 0.333 e. The standard InChI is InChI=1S/C22H22FN5O5S.C7H14O/c1-12-16-17(29)27(22(2,3)20(30)31)21(32)26(19(16)34-18(12)28-24-8-9-25-28)10-7-13-11-14(23)5-6-15(13)33-4;1-8-7-5-3-2-4-6-7/h5-6,8-9,11H,7,10H2,1-4H3,(H,30,31);7H,2-6H2,1H3. The fraction of sp³-hybridized carbons (Fsp3) is 0.483. The number of rotatable bonds is 8. The number of aryl methyl sites for hydroxylation is 3. The van der Waals surface area contributed by atoms with Crippen LogP contribution in [0.2, 0.25) is 0 Å². The lowest BCUT2D eigenvalue weighted by Gasteiger charge is -2.23. The van der Waals surface area contributed by atoms with Crippen molar-refractivity contribution in [3.05, 3.63) is 68.4 Å². The molecule has 11 nitrogen and oxygen atoms in total. The SMILES string of the molecule is COC1CCCCC1.COc1ccc(F)cc1CCn1c(=O)n(C(C)(C)C(=O)O)c(=O)c2c(C)c(-n3nccn3)sc21. The van der Waals surface area contributed by atoms with Crippen LogP contribution >= 0.6 is 11.3 Å². The minimum atomic E-state index is -1.81. The third-order valence-electron chi connectivity index (χ3n) is 7.60. The van der Waals surface area contributed by atoms with Gasteiger partial charge in [-0.3, -0.25) is 9.36 Å². The Balaban J connectivity index is 0.000000437. The van der Waals surface area contributed by atoms with Gasteiger partial charge in [-0.15, -0.1) is 4.80 Å². The van der Waals surface area contributed by atoms with Gasteiger partial charge in [-0.2, -0.15) is 10.2 Å². The summed E-state index contributed by atoms with van der Waals surface area (Å²) in [5.41, 5.74) is -2.24. The summed E-state index contributed by atoms with van der Waals surface area (Å²) in [5, 5.41) is 18.7. The summed E-state index contributed by atoms with van der Waals surface area (Å²) in [4.78, 5) is 40.6. The van der Waals surface area contributed by atoms with E-state index in [1.807, 2.05) is 7.11 Å². The molecule has 4 aromatic rings. The van der Waals surface area contributed by atoms with Crippen molar-refractivity contribution >= 4 is 27.5 Å². The molecule has 0 radical (unpaired) electrons.